The lowest BCUT2D eigenvalue weighted by atomic mass is 10.2. The molecule has 162 valence electrons. The molecule has 0 bridgehead atoms. The van der Waals surface area contributed by atoms with Gasteiger partial charge >= 0.3 is 0 Å². The molecule has 0 aliphatic rings. The molecular formula is C23H24N2O5S. The summed E-state index contributed by atoms with van der Waals surface area (Å²) in [5.41, 5.74) is 1.12. The molecule has 3 rings (SSSR count). The average molecular weight is 441 g/mol. The van der Waals surface area contributed by atoms with E-state index in [9.17, 15) is 13.2 Å². The quantitative estimate of drug-likeness (QED) is 0.514. The number of hydrogen-bond donors (Lipinski definition) is 1. The molecule has 0 saturated heterocycles. The first kappa shape index (κ1) is 22.3. The number of rotatable bonds is 9. The molecule has 3 aromatic rings. The molecule has 0 heterocycles. The van der Waals surface area contributed by atoms with Gasteiger partial charge in [0.2, 0.25) is 10.0 Å². The monoisotopic (exact) mass is 440 g/mol. The minimum atomic E-state index is -3.48. The van der Waals surface area contributed by atoms with E-state index in [1.54, 1.807) is 36.4 Å². The highest BCUT2D eigenvalue weighted by Gasteiger charge is 2.16. The van der Waals surface area contributed by atoms with E-state index in [1.165, 1.54) is 26.2 Å². The van der Waals surface area contributed by atoms with Crippen molar-refractivity contribution in [3.63, 3.8) is 0 Å². The van der Waals surface area contributed by atoms with Gasteiger partial charge in [-0.1, -0.05) is 30.3 Å². The summed E-state index contributed by atoms with van der Waals surface area (Å²) in [4.78, 5) is 12.8. The maximum atomic E-state index is 12.6. The van der Waals surface area contributed by atoms with Gasteiger partial charge in [0, 0.05) is 19.8 Å². The van der Waals surface area contributed by atoms with Crippen LogP contribution in [0, 0.1) is 0 Å². The first-order valence-corrected chi connectivity index (χ1v) is 11.1. The van der Waals surface area contributed by atoms with Crippen LogP contribution in [-0.2, 0) is 10.0 Å². The smallest absolute Gasteiger partial charge is 0.259 e. The third-order valence-electron chi connectivity index (χ3n) is 4.38. The number of carbonyl (C=O) groups excluding carboxylic acids is 1. The molecule has 0 aliphatic carbocycles. The van der Waals surface area contributed by atoms with Crippen molar-refractivity contribution in [3.8, 4) is 11.5 Å². The summed E-state index contributed by atoms with van der Waals surface area (Å²) >= 11 is 0. The van der Waals surface area contributed by atoms with Gasteiger partial charge in [-0.15, -0.1) is 0 Å². The topological polar surface area (TPSA) is 84.9 Å². The fourth-order valence-electron chi connectivity index (χ4n) is 2.73. The van der Waals surface area contributed by atoms with Crippen LogP contribution in [0.4, 0.5) is 5.69 Å². The summed E-state index contributed by atoms with van der Waals surface area (Å²) in [6.07, 6.45) is 0. The van der Waals surface area contributed by atoms with Gasteiger partial charge in [-0.3, -0.25) is 4.79 Å². The van der Waals surface area contributed by atoms with Crippen molar-refractivity contribution in [1.82, 2.24) is 4.31 Å². The Balaban J connectivity index is 1.55. The van der Waals surface area contributed by atoms with Crippen LogP contribution < -0.4 is 14.8 Å². The van der Waals surface area contributed by atoms with Gasteiger partial charge < -0.3 is 14.8 Å². The summed E-state index contributed by atoms with van der Waals surface area (Å²) in [6.45, 7) is 0.446. The van der Waals surface area contributed by atoms with Crippen molar-refractivity contribution in [3.05, 3.63) is 84.4 Å². The fraction of sp³-hybridized carbons (Fsp3) is 0.174. The molecule has 0 atom stereocenters. The number of nitrogens with zero attached hydrogens (tertiary/aromatic N) is 1. The standard InChI is InChI=1S/C23H24N2O5S/c1-25(2)31(27,28)20-14-12-19(13-15-20)29-16-17-30-22-11-7-6-10-21(22)23(26)24-18-8-4-3-5-9-18/h3-15H,16-17H2,1-2H3,(H,24,26). The molecule has 1 amide bonds. The largest absolute Gasteiger partial charge is 0.490 e. The molecule has 7 nitrogen and oxygen atoms in total. The molecular weight excluding hydrogens is 416 g/mol. The van der Waals surface area contributed by atoms with Crippen molar-refractivity contribution >= 4 is 21.6 Å². The number of amides is 1. The Morgan fingerprint density at radius 1 is 0.839 bits per heavy atom. The number of anilines is 1. The van der Waals surface area contributed by atoms with Crippen molar-refractivity contribution in [2.24, 2.45) is 0 Å². The SMILES string of the molecule is CN(C)S(=O)(=O)c1ccc(OCCOc2ccccc2C(=O)Nc2ccccc2)cc1. The van der Waals surface area contributed by atoms with Crippen molar-refractivity contribution < 1.29 is 22.7 Å². The van der Waals surface area contributed by atoms with Crippen LogP contribution in [0.25, 0.3) is 0 Å². The number of nitrogens with one attached hydrogen (secondary N) is 1. The lowest BCUT2D eigenvalue weighted by Crippen LogP contribution is -2.22. The van der Waals surface area contributed by atoms with Crippen LogP contribution in [0.2, 0.25) is 0 Å². The molecule has 0 spiro atoms. The second kappa shape index (κ2) is 10.1. The van der Waals surface area contributed by atoms with Gasteiger partial charge in [-0.25, -0.2) is 12.7 Å². The van der Waals surface area contributed by atoms with E-state index >= 15 is 0 Å². The van der Waals surface area contributed by atoms with E-state index in [0.29, 0.717) is 22.7 Å². The first-order chi connectivity index (χ1) is 14.9. The minimum absolute atomic E-state index is 0.194. The van der Waals surface area contributed by atoms with Crippen LogP contribution in [0.1, 0.15) is 10.4 Å². The molecule has 8 heteroatoms. The lowest BCUT2D eigenvalue weighted by molar-refractivity contribution is 0.102. The van der Waals surface area contributed by atoms with E-state index < -0.39 is 10.0 Å². The van der Waals surface area contributed by atoms with Crippen molar-refractivity contribution in [1.29, 1.82) is 0 Å². The molecule has 0 fully saturated rings. The average Bonchev–Trinajstić information content (AvgIpc) is 2.78. The number of benzene rings is 3. The fourth-order valence-corrected chi connectivity index (χ4v) is 3.63. The molecule has 0 radical (unpaired) electrons. The normalized spacial score (nSPS) is 11.2. The summed E-state index contributed by atoms with van der Waals surface area (Å²) in [5, 5.41) is 2.84. The van der Waals surface area contributed by atoms with Crippen LogP contribution in [-0.4, -0.2) is 45.9 Å². The Morgan fingerprint density at radius 2 is 1.45 bits per heavy atom. The molecule has 0 aliphatic heterocycles. The Bertz CT molecular complexity index is 1110. The van der Waals surface area contributed by atoms with Crippen LogP contribution in [0.15, 0.2) is 83.8 Å². The molecule has 0 aromatic heterocycles. The van der Waals surface area contributed by atoms with E-state index in [1.807, 2.05) is 30.3 Å². The second-order valence-corrected chi connectivity index (χ2v) is 8.92. The highest BCUT2D eigenvalue weighted by Crippen LogP contribution is 2.21. The number of ether oxygens (including phenoxy) is 2. The maximum absolute atomic E-state index is 12.6. The molecule has 3 aromatic carbocycles. The highest BCUT2D eigenvalue weighted by atomic mass is 32.2. The van der Waals surface area contributed by atoms with E-state index in [0.717, 1.165) is 4.31 Å². The van der Waals surface area contributed by atoms with E-state index in [-0.39, 0.29) is 24.0 Å². The number of para-hydroxylation sites is 2. The molecule has 0 saturated carbocycles. The van der Waals surface area contributed by atoms with Gasteiger partial charge in [0.05, 0.1) is 10.5 Å². The van der Waals surface area contributed by atoms with Crippen LogP contribution >= 0.6 is 0 Å². The predicted molar refractivity (Wildman–Crippen MR) is 119 cm³/mol. The number of sulfonamides is 1. The Morgan fingerprint density at radius 3 is 2.13 bits per heavy atom. The number of carbonyl (C=O) groups is 1. The highest BCUT2D eigenvalue weighted by molar-refractivity contribution is 7.89. The van der Waals surface area contributed by atoms with Gasteiger partial charge in [0.1, 0.15) is 24.7 Å². The molecule has 0 unspecified atom stereocenters. The third kappa shape index (κ3) is 5.84. The number of hydrogen-bond acceptors (Lipinski definition) is 5. The maximum Gasteiger partial charge on any atom is 0.259 e. The zero-order valence-corrected chi connectivity index (χ0v) is 18.1. The summed E-state index contributed by atoms with van der Waals surface area (Å²) in [5.74, 6) is 0.712. The van der Waals surface area contributed by atoms with E-state index in [2.05, 4.69) is 5.32 Å². The molecule has 1 N–H and O–H groups in total. The first-order valence-electron chi connectivity index (χ1n) is 9.61. The third-order valence-corrected chi connectivity index (χ3v) is 6.20. The van der Waals surface area contributed by atoms with Crippen molar-refractivity contribution in [2.45, 2.75) is 4.90 Å². The Kier molecular flexibility index (Phi) is 7.28. The van der Waals surface area contributed by atoms with Gasteiger partial charge in [-0.05, 0) is 48.5 Å². The molecule has 31 heavy (non-hydrogen) atoms. The zero-order valence-electron chi connectivity index (χ0n) is 17.3. The van der Waals surface area contributed by atoms with Crippen molar-refractivity contribution in [2.75, 3.05) is 32.6 Å². The zero-order chi connectivity index (χ0) is 22.3. The second-order valence-electron chi connectivity index (χ2n) is 6.77. The lowest BCUT2D eigenvalue weighted by Gasteiger charge is -2.13. The summed E-state index contributed by atoms with van der Waals surface area (Å²) < 4.78 is 36.7. The van der Waals surface area contributed by atoms with E-state index in [4.69, 9.17) is 9.47 Å². The van der Waals surface area contributed by atoms with Gasteiger partial charge in [0.15, 0.2) is 0 Å². The summed E-state index contributed by atoms with van der Waals surface area (Å²) in [6, 6.07) is 22.3. The predicted octanol–water partition coefficient (Wildman–Crippen LogP) is 3.65. The summed E-state index contributed by atoms with van der Waals surface area (Å²) in [7, 11) is -0.513. The Hall–Kier alpha value is -3.36. The van der Waals surface area contributed by atoms with Gasteiger partial charge in [-0.2, -0.15) is 0 Å². The van der Waals surface area contributed by atoms with Crippen LogP contribution in [0.5, 0.6) is 11.5 Å². The van der Waals surface area contributed by atoms with Crippen LogP contribution in [0.3, 0.4) is 0 Å². The Labute approximate surface area is 182 Å². The van der Waals surface area contributed by atoms with Gasteiger partial charge in [0.25, 0.3) is 5.91 Å². The minimum Gasteiger partial charge on any atom is -0.490 e.